The van der Waals surface area contributed by atoms with E-state index in [4.69, 9.17) is 11.6 Å². The van der Waals surface area contributed by atoms with Crippen molar-refractivity contribution < 1.29 is 4.92 Å². The predicted molar refractivity (Wildman–Crippen MR) is 68.0 cm³/mol. The highest BCUT2D eigenvalue weighted by Gasteiger charge is 2.18. The predicted octanol–water partition coefficient (Wildman–Crippen LogP) is 2.87. The Bertz CT molecular complexity index is 562. The number of aromatic nitrogens is 2. The number of rotatable bonds is 4. The first-order valence-electron chi connectivity index (χ1n) is 5.08. The zero-order valence-corrected chi connectivity index (χ0v) is 9.96. The lowest BCUT2D eigenvalue weighted by atomic mass is 10.2. The molecule has 2 rings (SSSR count). The van der Waals surface area contributed by atoms with E-state index in [9.17, 15) is 10.1 Å². The largest absolute Gasteiger partial charge is 0.333 e. The Morgan fingerprint density at radius 2 is 2.11 bits per heavy atom. The summed E-state index contributed by atoms with van der Waals surface area (Å²) in [6.45, 7) is 0. The highest BCUT2D eigenvalue weighted by Crippen LogP contribution is 2.29. The summed E-state index contributed by atoms with van der Waals surface area (Å²) in [5, 5.41) is 13.8. The quantitative estimate of drug-likeness (QED) is 0.522. The van der Waals surface area contributed by atoms with Crippen molar-refractivity contribution in [2.45, 2.75) is 5.88 Å². The fraction of sp³-hybridized carbons (Fsp3) is 0.0909. The van der Waals surface area contributed by atoms with Crippen molar-refractivity contribution in [3.8, 4) is 0 Å². The van der Waals surface area contributed by atoms with Gasteiger partial charge < -0.3 is 5.32 Å². The number of nitrogens with zero attached hydrogens (tertiary/aromatic N) is 3. The van der Waals surface area contributed by atoms with E-state index in [-0.39, 0.29) is 17.3 Å². The third kappa shape index (κ3) is 2.54. The van der Waals surface area contributed by atoms with Crippen LogP contribution in [-0.2, 0) is 5.88 Å². The van der Waals surface area contributed by atoms with Crippen molar-refractivity contribution in [3.63, 3.8) is 0 Å². The van der Waals surface area contributed by atoms with Crippen LogP contribution >= 0.6 is 11.6 Å². The molecule has 2 heterocycles. The first-order valence-corrected chi connectivity index (χ1v) is 5.62. The van der Waals surface area contributed by atoms with Gasteiger partial charge in [0.2, 0.25) is 0 Å². The molecule has 0 aliphatic heterocycles. The normalized spacial score (nSPS) is 10.1. The molecule has 6 nitrogen and oxygen atoms in total. The van der Waals surface area contributed by atoms with Crippen LogP contribution in [0, 0.1) is 10.1 Å². The summed E-state index contributed by atoms with van der Waals surface area (Å²) >= 11 is 5.73. The average Bonchev–Trinajstić information content (AvgIpc) is 2.40. The van der Waals surface area contributed by atoms with E-state index in [1.807, 2.05) is 0 Å². The average molecular weight is 265 g/mol. The van der Waals surface area contributed by atoms with E-state index in [0.717, 1.165) is 0 Å². The molecule has 0 saturated carbocycles. The molecule has 0 aliphatic rings. The monoisotopic (exact) mass is 264 g/mol. The highest BCUT2D eigenvalue weighted by molar-refractivity contribution is 6.17. The number of hydrogen-bond donors (Lipinski definition) is 1. The van der Waals surface area contributed by atoms with Gasteiger partial charge in [-0.2, -0.15) is 0 Å². The number of halogens is 1. The Morgan fingerprint density at radius 1 is 1.28 bits per heavy atom. The molecule has 0 radical (unpaired) electrons. The zero-order chi connectivity index (χ0) is 13.0. The summed E-state index contributed by atoms with van der Waals surface area (Å²) in [5.41, 5.74) is 0.610. The fourth-order valence-electron chi connectivity index (χ4n) is 1.45. The molecule has 92 valence electrons. The lowest BCUT2D eigenvalue weighted by Crippen LogP contribution is -2.03. The first-order chi connectivity index (χ1) is 8.72. The minimum atomic E-state index is -0.483. The van der Waals surface area contributed by atoms with E-state index >= 15 is 0 Å². The van der Waals surface area contributed by atoms with Crippen LogP contribution in [-0.4, -0.2) is 14.9 Å². The van der Waals surface area contributed by atoms with Crippen LogP contribution < -0.4 is 5.32 Å². The molecule has 0 fully saturated rings. The van der Waals surface area contributed by atoms with Gasteiger partial charge in [-0.25, -0.2) is 4.98 Å². The first kappa shape index (κ1) is 12.3. The molecule has 0 amide bonds. The van der Waals surface area contributed by atoms with Gasteiger partial charge in [0.25, 0.3) is 5.69 Å². The van der Waals surface area contributed by atoms with Crippen LogP contribution in [0.25, 0.3) is 0 Å². The van der Waals surface area contributed by atoms with Gasteiger partial charge in [0.15, 0.2) is 0 Å². The van der Waals surface area contributed by atoms with Crippen molar-refractivity contribution in [3.05, 3.63) is 52.5 Å². The summed E-state index contributed by atoms with van der Waals surface area (Å²) in [4.78, 5) is 18.5. The van der Waals surface area contributed by atoms with Crippen LogP contribution in [0.5, 0.6) is 0 Å². The summed E-state index contributed by atoms with van der Waals surface area (Å²) in [6.07, 6.45) is 2.95. The van der Waals surface area contributed by atoms with E-state index < -0.39 is 4.92 Å². The Balaban J connectivity index is 2.44. The standard InChI is InChI=1S/C11H9ClN4O2/c12-7-8-11(9(16(17)18)4-6-13-8)15-10-3-1-2-5-14-10/h1-6H,7H2,(H,14,15). The molecule has 0 bridgehead atoms. The van der Waals surface area contributed by atoms with Crippen molar-refractivity contribution >= 4 is 28.8 Å². The minimum absolute atomic E-state index is 0.0775. The van der Waals surface area contributed by atoms with Gasteiger partial charge in [-0.3, -0.25) is 15.1 Å². The van der Waals surface area contributed by atoms with Gasteiger partial charge in [-0.1, -0.05) is 6.07 Å². The van der Waals surface area contributed by atoms with Crippen LogP contribution in [0.4, 0.5) is 17.2 Å². The summed E-state index contributed by atoms with van der Waals surface area (Å²) in [5.74, 6) is 0.580. The number of nitro groups is 1. The second-order valence-corrected chi connectivity index (χ2v) is 3.65. The molecule has 18 heavy (non-hydrogen) atoms. The van der Waals surface area contributed by atoms with E-state index in [2.05, 4.69) is 15.3 Å². The lowest BCUT2D eigenvalue weighted by Gasteiger charge is -2.08. The maximum atomic E-state index is 11.0. The molecule has 7 heteroatoms. The van der Waals surface area contributed by atoms with Gasteiger partial charge in [0.05, 0.1) is 16.5 Å². The molecule has 2 aromatic heterocycles. The second kappa shape index (κ2) is 5.42. The highest BCUT2D eigenvalue weighted by atomic mass is 35.5. The Kier molecular flexibility index (Phi) is 3.69. The second-order valence-electron chi connectivity index (χ2n) is 3.38. The number of alkyl halides is 1. The van der Waals surface area contributed by atoms with Crippen molar-refractivity contribution in [1.82, 2.24) is 9.97 Å². The van der Waals surface area contributed by atoms with Gasteiger partial charge in [-0.05, 0) is 12.1 Å². The van der Waals surface area contributed by atoms with Gasteiger partial charge in [0, 0.05) is 18.5 Å². The molecule has 0 atom stereocenters. The van der Waals surface area contributed by atoms with E-state index in [1.54, 1.807) is 24.4 Å². The van der Waals surface area contributed by atoms with Crippen molar-refractivity contribution in [2.24, 2.45) is 0 Å². The number of hydrogen-bond acceptors (Lipinski definition) is 5. The summed E-state index contributed by atoms with van der Waals surface area (Å²) in [7, 11) is 0. The maximum Gasteiger partial charge on any atom is 0.296 e. The number of anilines is 2. The molecule has 1 N–H and O–H groups in total. The summed E-state index contributed by atoms with van der Waals surface area (Å²) in [6, 6.07) is 6.55. The molecular weight excluding hydrogens is 256 g/mol. The van der Waals surface area contributed by atoms with Crippen LogP contribution in [0.2, 0.25) is 0 Å². The summed E-state index contributed by atoms with van der Waals surface area (Å²) < 4.78 is 0. The molecule has 0 saturated heterocycles. The third-order valence-electron chi connectivity index (χ3n) is 2.25. The smallest absolute Gasteiger partial charge is 0.296 e. The Hall–Kier alpha value is -2.21. The topological polar surface area (TPSA) is 81.0 Å². The SMILES string of the molecule is O=[N+]([O-])c1ccnc(CCl)c1Nc1ccccn1. The lowest BCUT2D eigenvalue weighted by molar-refractivity contribution is -0.384. The third-order valence-corrected chi connectivity index (χ3v) is 2.50. The molecule has 0 aromatic carbocycles. The van der Waals surface area contributed by atoms with Crippen molar-refractivity contribution in [2.75, 3.05) is 5.32 Å². The molecule has 0 unspecified atom stereocenters. The minimum Gasteiger partial charge on any atom is -0.333 e. The van der Waals surface area contributed by atoms with Crippen LogP contribution in [0.15, 0.2) is 36.7 Å². The van der Waals surface area contributed by atoms with E-state index in [1.165, 1.54) is 12.3 Å². The van der Waals surface area contributed by atoms with E-state index in [0.29, 0.717) is 11.5 Å². The molecule has 0 aliphatic carbocycles. The van der Waals surface area contributed by atoms with Crippen LogP contribution in [0.1, 0.15) is 5.69 Å². The zero-order valence-electron chi connectivity index (χ0n) is 9.21. The molecule has 0 spiro atoms. The van der Waals surface area contributed by atoms with Crippen molar-refractivity contribution in [1.29, 1.82) is 0 Å². The number of nitrogens with one attached hydrogen (secondary N) is 1. The maximum absolute atomic E-state index is 11.0. The van der Waals surface area contributed by atoms with Gasteiger partial charge >= 0.3 is 0 Å². The van der Waals surface area contributed by atoms with Gasteiger partial charge in [0.1, 0.15) is 11.5 Å². The Labute approximate surface area is 108 Å². The fourth-order valence-corrected chi connectivity index (χ4v) is 1.65. The number of pyridine rings is 2. The molecule has 2 aromatic rings. The Morgan fingerprint density at radius 3 is 2.72 bits per heavy atom. The van der Waals surface area contributed by atoms with Crippen LogP contribution in [0.3, 0.4) is 0 Å². The van der Waals surface area contributed by atoms with Gasteiger partial charge in [-0.15, -0.1) is 11.6 Å². The molecular formula is C11H9ClN4O2.